The first-order chi connectivity index (χ1) is 16.0. The molecule has 1 N–H and O–H groups in total. The summed E-state index contributed by atoms with van der Waals surface area (Å²) in [6.45, 7) is 7.01. The van der Waals surface area contributed by atoms with Crippen molar-refractivity contribution in [3.63, 3.8) is 0 Å². The summed E-state index contributed by atoms with van der Waals surface area (Å²) < 4.78 is 5.54. The number of aryl methyl sites for hydroxylation is 1. The van der Waals surface area contributed by atoms with Gasteiger partial charge in [0.25, 0.3) is 5.91 Å². The van der Waals surface area contributed by atoms with E-state index in [1.54, 1.807) is 11.1 Å². The maximum atomic E-state index is 13.5. The van der Waals surface area contributed by atoms with Gasteiger partial charge in [0.05, 0.1) is 17.8 Å². The molecule has 0 atom stereocenters. The fourth-order valence-electron chi connectivity index (χ4n) is 4.82. The number of fused-ring (bicyclic) bond motifs is 2. The molecule has 164 valence electrons. The van der Waals surface area contributed by atoms with Crippen molar-refractivity contribution in [2.45, 2.75) is 19.5 Å². The summed E-state index contributed by atoms with van der Waals surface area (Å²) in [6, 6.07) is 7.94. The number of rotatable bonds is 4. The van der Waals surface area contributed by atoms with Crippen LogP contribution in [0.25, 0.3) is 33.5 Å². The van der Waals surface area contributed by atoms with Crippen LogP contribution >= 0.6 is 0 Å². The first kappa shape index (κ1) is 19.4. The van der Waals surface area contributed by atoms with Gasteiger partial charge in [-0.15, -0.1) is 10.2 Å². The number of benzene rings is 2. The number of likely N-dealkylation sites (tertiary alicyclic amines) is 1. The molecule has 1 fully saturated rings. The number of aromatic nitrogens is 4. The third-order valence-electron chi connectivity index (χ3n) is 6.57. The van der Waals surface area contributed by atoms with Crippen molar-refractivity contribution in [2.75, 3.05) is 13.1 Å². The lowest BCUT2D eigenvalue weighted by Crippen LogP contribution is -2.60. The lowest BCUT2D eigenvalue weighted by atomic mass is 9.91. The summed E-state index contributed by atoms with van der Waals surface area (Å²) >= 11 is 0. The zero-order chi connectivity index (χ0) is 22.7. The van der Waals surface area contributed by atoms with Gasteiger partial charge in [0, 0.05) is 36.1 Å². The molecular weight excluding hydrogens is 420 g/mol. The number of carbonyl (C=O) groups is 2. The smallest absolute Gasteiger partial charge is 0.254 e. The van der Waals surface area contributed by atoms with E-state index in [1.807, 2.05) is 36.1 Å². The largest absolute Gasteiger partial charge is 0.423 e. The van der Waals surface area contributed by atoms with Crippen molar-refractivity contribution in [1.29, 1.82) is 0 Å². The van der Waals surface area contributed by atoms with Crippen molar-refractivity contribution in [2.24, 2.45) is 0 Å². The lowest BCUT2D eigenvalue weighted by molar-refractivity contribution is -0.132. The zero-order valence-electron chi connectivity index (χ0n) is 17.9. The van der Waals surface area contributed by atoms with E-state index >= 15 is 0 Å². The van der Waals surface area contributed by atoms with Gasteiger partial charge in [0.2, 0.25) is 18.2 Å². The van der Waals surface area contributed by atoms with Crippen LogP contribution in [0, 0.1) is 6.92 Å². The number of H-pyrrole nitrogens is 1. The molecule has 2 amide bonds. The molecule has 0 aliphatic carbocycles. The number of hydrogen-bond donors (Lipinski definition) is 1. The maximum Gasteiger partial charge on any atom is 0.254 e. The molecular formula is C24H20N6O3. The second kappa shape index (κ2) is 7.13. The van der Waals surface area contributed by atoms with Crippen LogP contribution in [-0.2, 0) is 11.3 Å². The van der Waals surface area contributed by atoms with Crippen LogP contribution in [0.15, 0.2) is 53.9 Å². The second-order valence-electron chi connectivity index (χ2n) is 8.42. The summed E-state index contributed by atoms with van der Waals surface area (Å²) in [5.41, 5.74) is 6.10. The molecule has 2 aromatic carbocycles. The molecule has 2 aliphatic rings. The summed E-state index contributed by atoms with van der Waals surface area (Å²) in [6.07, 6.45) is 4.39. The minimum atomic E-state index is -0.118. The first-order valence-electron chi connectivity index (χ1n) is 10.6. The normalized spacial score (nSPS) is 15.7. The molecule has 4 aromatic rings. The van der Waals surface area contributed by atoms with Gasteiger partial charge in [-0.1, -0.05) is 12.6 Å². The SMILES string of the molecule is C=CC(=O)N1CC(N2Cc3c(cc(-c4c(C)ccc5[nH]ncc45)cc3-c3nnco3)C2=O)C1. The topological polar surface area (TPSA) is 108 Å². The lowest BCUT2D eigenvalue weighted by Gasteiger charge is -2.43. The van der Waals surface area contributed by atoms with E-state index in [1.165, 1.54) is 12.5 Å². The third-order valence-corrected chi connectivity index (χ3v) is 6.57. The standard InChI is InChI=1S/C24H20N6O3/c1-3-21(31)29-9-15(10-29)30-11-19-16(23-28-26-12-33-23)6-14(7-17(19)24(30)32)22-13(2)4-5-20-18(22)8-25-27-20/h3-8,12,15H,1,9-11H2,2H3,(H,25,27). The average Bonchev–Trinajstić information content (AvgIpc) is 3.53. The highest BCUT2D eigenvalue weighted by Crippen LogP contribution is 2.40. The minimum absolute atomic E-state index is 0.0353. The zero-order valence-corrected chi connectivity index (χ0v) is 17.9. The van der Waals surface area contributed by atoms with Gasteiger partial charge < -0.3 is 14.2 Å². The van der Waals surface area contributed by atoms with E-state index in [0.29, 0.717) is 31.1 Å². The summed E-state index contributed by atoms with van der Waals surface area (Å²) in [5.74, 6) is 0.199. The Bertz CT molecular complexity index is 1430. The van der Waals surface area contributed by atoms with Crippen molar-refractivity contribution < 1.29 is 14.0 Å². The van der Waals surface area contributed by atoms with E-state index < -0.39 is 0 Å². The van der Waals surface area contributed by atoms with Gasteiger partial charge in [-0.25, -0.2) is 0 Å². The molecule has 9 nitrogen and oxygen atoms in total. The number of hydrogen-bond acceptors (Lipinski definition) is 6. The number of amides is 2. The van der Waals surface area contributed by atoms with E-state index in [9.17, 15) is 9.59 Å². The molecule has 33 heavy (non-hydrogen) atoms. The molecule has 0 saturated carbocycles. The fourth-order valence-corrected chi connectivity index (χ4v) is 4.82. The molecule has 0 radical (unpaired) electrons. The summed E-state index contributed by atoms with van der Waals surface area (Å²) in [7, 11) is 0. The highest BCUT2D eigenvalue weighted by Gasteiger charge is 2.41. The van der Waals surface area contributed by atoms with Crippen LogP contribution in [-0.4, -0.2) is 61.1 Å². The molecule has 2 aliphatic heterocycles. The molecule has 9 heteroatoms. The molecule has 6 rings (SSSR count). The van der Waals surface area contributed by atoms with Crippen molar-refractivity contribution in [3.8, 4) is 22.6 Å². The highest BCUT2D eigenvalue weighted by atomic mass is 16.4. The predicted molar refractivity (Wildman–Crippen MR) is 120 cm³/mol. The van der Waals surface area contributed by atoms with Crippen molar-refractivity contribution >= 4 is 22.7 Å². The maximum absolute atomic E-state index is 13.5. The van der Waals surface area contributed by atoms with E-state index in [-0.39, 0.29) is 17.9 Å². The van der Waals surface area contributed by atoms with Gasteiger partial charge in [-0.3, -0.25) is 14.7 Å². The number of aromatic amines is 1. The van der Waals surface area contributed by atoms with Crippen LogP contribution in [0.2, 0.25) is 0 Å². The number of nitrogens with one attached hydrogen (secondary N) is 1. The molecule has 0 unspecified atom stereocenters. The Morgan fingerprint density at radius 1 is 1.27 bits per heavy atom. The summed E-state index contributed by atoms with van der Waals surface area (Å²) in [5, 5.41) is 16.1. The van der Waals surface area contributed by atoms with Crippen LogP contribution in [0.1, 0.15) is 21.5 Å². The Balaban J connectivity index is 1.46. The number of carbonyl (C=O) groups excluding carboxylic acids is 2. The number of nitrogens with zero attached hydrogens (tertiary/aromatic N) is 5. The van der Waals surface area contributed by atoms with Crippen LogP contribution in [0.5, 0.6) is 0 Å². The highest BCUT2D eigenvalue weighted by molar-refractivity contribution is 6.04. The van der Waals surface area contributed by atoms with Crippen molar-refractivity contribution in [1.82, 2.24) is 30.2 Å². The Kier molecular flexibility index (Phi) is 4.19. The summed E-state index contributed by atoms with van der Waals surface area (Å²) in [4.78, 5) is 28.9. The fraction of sp³-hybridized carbons (Fsp3) is 0.208. The molecule has 2 aromatic heterocycles. The second-order valence-corrected chi connectivity index (χ2v) is 8.42. The van der Waals surface area contributed by atoms with E-state index in [0.717, 1.165) is 38.7 Å². The van der Waals surface area contributed by atoms with E-state index in [2.05, 4.69) is 27.0 Å². The molecule has 0 spiro atoms. The van der Waals surface area contributed by atoms with Crippen LogP contribution < -0.4 is 0 Å². The van der Waals surface area contributed by atoms with E-state index in [4.69, 9.17) is 4.42 Å². The Hall–Kier alpha value is -4.27. The van der Waals surface area contributed by atoms with Crippen molar-refractivity contribution in [3.05, 3.63) is 66.2 Å². The Morgan fingerprint density at radius 3 is 2.85 bits per heavy atom. The van der Waals surface area contributed by atoms with Gasteiger partial charge in [0.15, 0.2) is 0 Å². The van der Waals surface area contributed by atoms with Crippen LogP contribution in [0.3, 0.4) is 0 Å². The Morgan fingerprint density at radius 2 is 2.09 bits per heavy atom. The predicted octanol–water partition coefficient (Wildman–Crippen LogP) is 2.94. The minimum Gasteiger partial charge on any atom is -0.423 e. The quantitative estimate of drug-likeness (QED) is 0.489. The average molecular weight is 440 g/mol. The monoisotopic (exact) mass is 440 g/mol. The molecule has 4 heterocycles. The molecule has 0 bridgehead atoms. The van der Waals surface area contributed by atoms with Gasteiger partial charge >= 0.3 is 0 Å². The first-order valence-corrected chi connectivity index (χ1v) is 10.6. The molecule has 1 saturated heterocycles. The van der Waals surface area contributed by atoms with Gasteiger partial charge in [-0.05, 0) is 53.5 Å². The third kappa shape index (κ3) is 2.89. The van der Waals surface area contributed by atoms with Gasteiger partial charge in [0.1, 0.15) is 0 Å². The Labute approximate surface area is 188 Å². The van der Waals surface area contributed by atoms with Crippen LogP contribution in [0.4, 0.5) is 0 Å². The van der Waals surface area contributed by atoms with Gasteiger partial charge in [-0.2, -0.15) is 5.10 Å².